The lowest BCUT2D eigenvalue weighted by Crippen LogP contribution is -2.42. The Hall–Kier alpha value is -2.32. The van der Waals surface area contributed by atoms with Gasteiger partial charge in [0.25, 0.3) is 0 Å². The van der Waals surface area contributed by atoms with Gasteiger partial charge in [-0.25, -0.2) is 9.97 Å². The van der Waals surface area contributed by atoms with Crippen molar-refractivity contribution >= 4 is 45.6 Å². The normalized spacial score (nSPS) is 17.1. The summed E-state index contributed by atoms with van der Waals surface area (Å²) in [5.41, 5.74) is 1.41. The van der Waals surface area contributed by atoms with Crippen molar-refractivity contribution in [3.05, 3.63) is 46.7 Å². The van der Waals surface area contributed by atoms with E-state index in [1.165, 1.54) is 6.33 Å². The molecule has 0 radical (unpaired) electrons. The maximum absolute atomic E-state index is 6.29. The molecule has 158 valence electrons. The number of hydrogen-bond acceptors (Lipinski definition) is 7. The monoisotopic (exact) mass is 448 g/mol. The summed E-state index contributed by atoms with van der Waals surface area (Å²) in [7, 11) is 3.68. The molecule has 0 spiro atoms. The van der Waals surface area contributed by atoms with E-state index in [1.54, 1.807) is 25.3 Å². The van der Waals surface area contributed by atoms with Crippen molar-refractivity contribution < 1.29 is 14.2 Å². The van der Waals surface area contributed by atoms with Crippen molar-refractivity contribution in [2.75, 3.05) is 45.8 Å². The lowest BCUT2D eigenvalue weighted by atomic mass is 10.2. The predicted molar refractivity (Wildman–Crippen MR) is 119 cm³/mol. The fraction of sp³-hybridized carbons (Fsp3) is 0.333. The maximum Gasteiger partial charge on any atom is 0.163 e. The lowest BCUT2D eigenvalue weighted by molar-refractivity contribution is -0.0406. The molecule has 1 fully saturated rings. The second-order valence-electron chi connectivity index (χ2n) is 7.06. The van der Waals surface area contributed by atoms with Crippen LogP contribution in [0, 0.1) is 0 Å². The molecule has 1 aromatic heterocycles. The molecule has 2 heterocycles. The first kappa shape index (κ1) is 20.9. The molecule has 0 amide bonds. The maximum atomic E-state index is 6.29. The Morgan fingerprint density at radius 1 is 1.20 bits per heavy atom. The van der Waals surface area contributed by atoms with Gasteiger partial charge in [-0.1, -0.05) is 23.2 Å². The summed E-state index contributed by atoms with van der Waals surface area (Å²) >= 11 is 12.3. The summed E-state index contributed by atoms with van der Waals surface area (Å²) in [5.74, 6) is 1.80. The van der Waals surface area contributed by atoms with Gasteiger partial charge in [0.2, 0.25) is 0 Å². The molecule has 30 heavy (non-hydrogen) atoms. The molecule has 1 saturated heterocycles. The van der Waals surface area contributed by atoms with Crippen LogP contribution in [0.5, 0.6) is 11.5 Å². The van der Waals surface area contributed by atoms with Gasteiger partial charge in [-0.15, -0.1) is 0 Å². The average molecular weight is 449 g/mol. The van der Waals surface area contributed by atoms with Crippen LogP contribution in [-0.2, 0) is 4.74 Å². The Morgan fingerprint density at radius 3 is 2.83 bits per heavy atom. The lowest BCUT2D eigenvalue weighted by Gasteiger charge is -2.30. The summed E-state index contributed by atoms with van der Waals surface area (Å²) in [6.07, 6.45) is 1.50. The van der Waals surface area contributed by atoms with Gasteiger partial charge >= 0.3 is 0 Å². The predicted octanol–water partition coefficient (Wildman–Crippen LogP) is 4.40. The van der Waals surface area contributed by atoms with Crippen molar-refractivity contribution in [1.29, 1.82) is 0 Å². The van der Waals surface area contributed by atoms with Crippen LogP contribution in [0.3, 0.4) is 0 Å². The van der Waals surface area contributed by atoms with Gasteiger partial charge in [-0.2, -0.15) is 0 Å². The van der Waals surface area contributed by atoms with Gasteiger partial charge in [0.15, 0.2) is 11.5 Å². The zero-order valence-electron chi connectivity index (χ0n) is 16.7. The SMILES string of the molecule is COc1cc2c(Nc3ccc(Cl)cc3Cl)ncnc2cc1OCC1CN(C)CCO1. The van der Waals surface area contributed by atoms with Gasteiger partial charge in [-0.05, 0) is 31.3 Å². The highest BCUT2D eigenvalue weighted by atomic mass is 35.5. The number of benzene rings is 2. The van der Waals surface area contributed by atoms with Gasteiger partial charge < -0.3 is 24.4 Å². The zero-order valence-corrected chi connectivity index (χ0v) is 18.2. The number of halogens is 2. The smallest absolute Gasteiger partial charge is 0.163 e. The molecule has 4 rings (SSSR count). The van der Waals surface area contributed by atoms with Crippen LogP contribution in [0.15, 0.2) is 36.7 Å². The molecule has 3 aromatic rings. The molecular formula is C21H22Cl2N4O3. The third-order valence-electron chi connectivity index (χ3n) is 4.87. The Labute approximate surface area is 184 Å². The van der Waals surface area contributed by atoms with E-state index in [1.807, 2.05) is 12.1 Å². The minimum absolute atomic E-state index is 0.0128. The third kappa shape index (κ3) is 4.70. The Bertz CT molecular complexity index is 1050. The zero-order chi connectivity index (χ0) is 21.1. The molecule has 0 saturated carbocycles. The summed E-state index contributed by atoms with van der Waals surface area (Å²) < 4.78 is 17.3. The summed E-state index contributed by atoms with van der Waals surface area (Å²) in [5, 5.41) is 5.08. The standard InChI is InChI=1S/C21H22Cl2N4O3/c1-27-5-6-29-14(10-27)11-30-20-9-18-15(8-19(20)28-2)21(25-12-24-18)26-17-4-3-13(22)7-16(17)23/h3-4,7-9,12,14H,5-6,10-11H2,1-2H3,(H,24,25,26). The van der Waals surface area contributed by atoms with Crippen LogP contribution in [0.4, 0.5) is 11.5 Å². The second kappa shape index (κ2) is 9.22. The number of anilines is 2. The van der Waals surface area contributed by atoms with Crippen LogP contribution < -0.4 is 14.8 Å². The first-order valence-electron chi connectivity index (χ1n) is 9.51. The summed E-state index contributed by atoms with van der Waals surface area (Å²) in [6.45, 7) is 2.89. The van der Waals surface area contributed by atoms with E-state index in [2.05, 4.69) is 27.2 Å². The Kier molecular flexibility index (Phi) is 6.43. The van der Waals surface area contributed by atoms with Crippen LogP contribution in [0.1, 0.15) is 0 Å². The first-order chi connectivity index (χ1) is 14.5. The van der Waals surface area contributed by atoms with Crippen LogP contribution in [0.25, 0.3) is 10.9 Å². The molecule has 1 N–H and O–H groups in total. The number of nitrogens with zero attached hydrogens (tertiary/aromatic N) is 3. The van der Waals surface area contributed by atoms with Gasteiger partial charge in [0.05, 0.1) is 29.9 Å². The van der Waals surface area contributed by atoms with Crippen molar-refractivity contribution in [1.82, 2.24) is 14.9 Å². The largest absolute Gasteiger partial charge is 0.493 e. The Balaban J connectivity index is 1.60. The molecular weight excluding hydrogens is 427 g/mol. The summed E-state index contributed by atoms with van der Waals surface area (Å²) in [4.78, 5) is 11.0. The third-order valence-corrected chi connectivity index (χ3v) is 5.42. The number of methoxy groups -OCH3 is 1. The van der Waals surface area contributed by atoms with Crippen LogP contribution in [-0.4, -0.2) is 61.4 Å². The van der Waals surface area contributed by atoms with E-state index in [-0.39, 0.29) is 6.10 Å². The molecule has 1 aliphatic heterocycles. The van der Waals surface area contributed by atoms with E-state index in [4.69, 9.17) is 37.4 Å². The van der Waals surface area contributed by atoms with E-state index >= 15 is 0 Å². The van der Waals surface area contributed by atoms with E-state index in [0.717, 1.165) is 24.0 Å². The highest BCUT2D eigenvalue weighted by Crippen LogP contribution is 2.36. The quantitative estimate of drug-likeness (QED) is 0.598. The van der Waals surface area contributed by atoms with Crippen molar-refractivity contribution in [2.45, 2.75) is 6.10 Å². The molecule has 1 aliphatic rings. The molecule has 0 aliphatic carbocycles. The van der Waals surface area contributed by atoms with Gasteiger partial charge in [-0.3, -0.25) is 0 Å². The topological polar surface area (TPSA) is 68.7 Å². The molecule has 2 aromatic carbocycles. The van der Waals surface area contributed by atoms with Crippen molar-refractivity contribution in [3.63, 3.8) is 0 Å². The number of ether oxygens (including phenoxy) is 3. The second-order valence-corrected chi connectivity index (χ2v) is 7.90. The summed E-state index contributed by atoms with van der Waals surface area (Å²) in [6, 6.07) is 8.93. The molecule has 1 atom stereocenters. The van der Waals surface area contributed by atoms with E-state index in [0.29, 0.717) is 46.3 Å². The number of nitrogens with one attached hydrogen (secondary N) is 1. The molecule has 7 nitrogen and oxygen atoms in total. The van der Waals surface area contributed by atoms with E-state index in [9.17, 15) is 0 Å². The Morgan fingerprint density at radius 2 is 2.07 bits per heavy atom. The van der Waals surface area contributed by atoms with Gasteiger partial charge in [0, 0.05) is 29.6 Å². The number of hydrogen-bond donors (Lipinski definition) is 1. The number of aromatic nitrogens is 2. The highest BCUT2D eigenvalue weighted by molar-refractivity contribution is 6.36. The van der Waals surface area contributed by atoms with Crippen molar-refractivity contribution in [3.8, 4) is 11.5 Å². The number of rotatable bonds is 6. The molecule has 9 heteroatoms. The first-order valence-corrected chi connectivity index (χ1v) is 10.3. The van der Waals surface area contributed by atoms with Crippen LogP contribution in [0.2, 0.25) is 10.0 Å². The number of fused-ring (bicyclic) bond motifs is 1. The number of morpholine rings is 1. The van der Waals surface area contributed by atoms with Gasteiger partial charge in [0.1, 0.15) is 24.9 Å². The average Bonchev–Trinajstić information content (AvgIpc) is 2.74. The minimum atomic E-state index is 0.0128. The minimum Gasteiger partial charge on any atom is -0.493 e. The fourth-order valence-electron chi connectivity index (χ4n) is 3.30. The molecule has 1 unspecified atom stereocenters. The fourth-order valence-corrected chi connectivity index (χ4v) is 3.76. The highest BCUT2D eigenvalue weighted by Gasteiger charge is 2.20. The van der Waals surface area contributed by atoms with Crippen molar-refractivity contribution in [2.24, 2.45) is 0 Å². The number of likely N-dealkylation sites (N-methyl/N-ethyl adjacent to an activating group) is 1. The van der Waals surface area contributed by atoms with Crippen LogP contribution >= 0.6 is 23.2 Å². The van der Waals surface area contributed by atoms with E-state index < -0.39 is 0 Å². The molecule has 0 bridgehead atoms.